The molecular weight excluding hydrogens is 206 g/mol. The molecule has 0 aliphatic rings. The van der Waals surface area contributed by atoms with Gasteiger partial charge in [0.15, 0.2) is 5.69 Å². The maximum atomic E-state index is 5.84. The van der Waals surface area contributed by atoms with E-state index >= 15 is 0 Å². The molecule has 1 rings (SSSR count). The molecule has 0 amide bonds. The Balaban J connectivity index is 2.70. The van der Waals surface area contributed by atoms with Gasteiger partial charge in [-0.25, -0.2) is 0 Å². The number of nitrogen functional groups attached to an aromatic ring is 1. The lowest BCUT2D eigenvalue weighted by molar-refractivity contribution is 0.230. The quantitative estimate of drug-likeness (QED) is 0.750. The first-order valence-electron chi connectivity index (χ1n) is 5.55. The summed E-state index contributed by atoms with van der Waals surface area (Å²) in [7, 11) is 0. The summed E-state index contributed by atoms with van der Waals surface area (Å²) in [5, 5.41) is 0. The Morgan fingerprint density at radius 2 is 2.00 bits per heavy atom. The number of hydrogen-bond acceptors (Lipinski definition) is 5. The van der Waals surface area contributed by atoms with E-state index in [4.69, 9.17) is 15.2 Å². The second-order valence-electron chi connectivity index (χ2n) is 3.77. The Hall–Kier alpha value is -1.52. The van der Waals surface area contributed by atoms with Crippen LogP contribution in [-0.4, -0.2) is 22.7 Å². The van der Waals surface area contributed by atoms with Crippen molar-refractivity contribution in [2.24, 2.45) is 0 Å². The van der Waals surface area contributed by atoms with E-state index in [1.54, 1.807) is 0 Å². The Labute approximate surface area is 96.0 Å². The van der Waals surface area contributed by atoms with Crippen molar-refractivity contribution in [3.63, 3.8) is 0 Å². The lowest BCUT2D eigenvalue weighted by Gasteiger charge is -2.12. The Morgan fingerprint density at radius 1 is 1.31 bits per heavy atom. The van der Waals surface area contributed by atoms with Crippen LogP contribution in [0.5, 0.6) is 11.8 Å². The largest absolute Gasteiger partial charge is 0.476 e. The van der Waals surface area contributed by atoms with Gasteiger partial charge in [-0.15, -0.1) is 0 Å². The zero-order chi connectivity index (χ0) is 12.0. The summed E-state index contributed by atoms with van der Waals surface area (Å²) < 4.78 is 10.9. The highest BCUT2D eigenvalue weighted by Gasteiger charge is 2.11. The van der Waals surface area contributed by atoms with E-state index in [0.29, 0.717) is 24.1 Å². The molecule has 1 heterocycles. The van der Waals surface area contributed by atoms with Gasteiger partial charge in [-0.3, -0.25) is 0 Å². The molecule has 0 atom stereocenters. The van der Waals surface area contributed by atoms with E-state index in [1.165, 1.54) is 6.33 Å². The van der Waals surface area contributed by atoms with Gasteiger partial charge in [-0.2, -0.15) is 9.97 Å². The third-order valence-electron chi connectivity index (χ3n) is 1.89. The summed E-state index contributed by atoms with van der Waals surface area (Å²) >= 11 is 0. The predicted molar refractivity (Wildman–Crippen MR) is 62.6 cm³/mol. The van der Waals surface area contributed by atoms with Crippen molar-refractivity contribution in [3.05, 3.63) is 6.33 Å². The van der Waals surface area contributed by atoms with Crippen molar-refractivity contribution in [2.45, 2.75) is 39.7 Å². The maximum Gasteiger partial charge on any atom is 0.244 e. The molecule has 0 unspecified atom stereocenters. The summed E-state index contributed by atoms with van der Waals surface area (Å²) in [6.07, 6.45) is 3.47. The SMILES string of the molecule is CCCCOc1ncnc(OC(C)C)c1N. The first kappa shape index (κ1) is 12.5. The van der Waals surface area contributed by atoms with Gasteiger partial charge >= 0.3 is 0 Å². The zero-order valence-corrected chi connectivity index (χ0v) is 10.1. The van der Waals surface area contributed by atoms with E-state index in [-0.39, 0.29) is 6.10 Å². The van der Waals surface area contributed by atoms with Crippen LogP contribution in [0.15, 0.2) is 6.33 Å². The first-order valence-corrected chi connectivity index (χ1v) is 5.55. The second kappa shape index (κ2) is 6.15. The van der Waals surface area contributed by atoms with Crippen LogP contribution in [0.3, 0.4) is 0 Å². The Bertz CT molecular complexity index is 329. The molecule has 0 aromatic carbocycles. The summed E-state index contributed by atoms with van der Waals surface area (Å²) in [4.78, 5) is 7.95. The van der Waals surface area contributed by atoms with Crippen LogP contribution < -0.4 is 15.2 Å². The lowest BCUT2D eigenvalue weighted by atomic mass is 10.4. The number of aromatic nitrogens is 2. The normalized spacial score (nSPS) is 10.5. The minimum atomic E-state index is 0.0284. The number of nitrogens with two attached hydrogens (primary N) is 1. The molecule has 16 heavy (non-hydrogen) atoms. The molecule has 1 aromatic heterocycles. The molecule has 0 aliphatic heterocycles. The monoisotopic (exact) mass is 225 g/mol. The minimum Gasteiger partial charge on any atom is -0.476 e. The number of unbranched alkanes of at least 4 members (excludes halogenated alkanes) is 1. The van der Waals surface area contributed by atoms with Crippen LogP contribution in [0.25, 0.3) is 0 Å². The van der Waals surface area contributed by atoms with Gasteiger partial charge in [0, 0.05) is 0 Å². The van der Waals surface area contributed by atoms with E-state index in [2.05, 4.69) is 16.9 Å². The van der Waals surface area contributed by atoms with Gasteiger partial charge in [0.05, 0.1) is 12.7 Å². The minimum absolute atomic E-state index is 0.0284. The van der Waals surface area contributed by atoms with Crippen molar-refractivity contribution in [3.8, 4) is 11.8 Å². The highest BCUT2D eigenvalue weighted by atomic mass is 16.5. The molecule has 5 heteroatoms. The molecule has 90 valence electrons. The Morgan fingerprint density at radius 3 is 2.62 bits per heavy atom. The van der Waals surface area contributed by atoms with Gasteiger partial charge in [0.2, 0.25) is 11.8 Å². The van der Waals surface area contributed by atoms with Crippen LogP contribution in [0, 0.1) is 0 Å². The fourth-order valence-corrected chi connectivity index (χ4v) is 1.11. The third kappa shape index (κ3) is 3.56. The van der Waals surface area contributed by atoms with E-state index in [0.717, 1.165) is 12.8 Å². The second-order valence-corrected chi connectivity index (χ2v) is 3.77. The van der Waals surface area contributed by atoms with Crippen molar-refractivity contribution in [2.75, 3.05) is 12.3 Å². The van der Waals surface area contributed by atoms with Crippen molar-refractivity contribution >= 4 is 5.69 Å². The summed E-state index contributed by atoms with van der Waals surface area (Å²) in [6.45, 7) is 6.54. The van der Waals surface area contributed by atoms with E-state index in [1.807, 2.05) is 13.8 Å². The molecule has 0 spiro atoms. The number of rotatable bonds is 6. The average molecular weight is 225 g/mol. The molecule has 1 aromatic rings. The van der Waals surface area contributed by atoms with Crippen LogP contribution >= 0.6 is 0 Å². The Kier molecular flexibility index (Phi) is 4.82. The smallest absolute Gasteiger partial charge is 0.244 e. The van der Waals surface area contributed by atoms with Crippen LogP contribution in [0.4, 0.5) is 5.69 Å². The number of hydrogen-bond donors (Lipinski definition) is 1. The topological polar surface area (TPSA) is 70.3 Å². The molecule has 0 saturated heterocycles. The maximum absolute atomic E-state index is 5.84. The standard InChI is InChI=1S/C11H19N3O2/c1-4-5-6-15-10-9(12)11(14-7-13-10)16-8(2)3/h7-8H,4-6,12H2,1-3H3. The molecule has 0 bridgehead atoms. The number of ether oxygens (including phenoxy) is 2. The van der Waals surface area contributed by atoms with Crippen molar-refractivity contribution in [1.82, 2.24) is 9.97 Å². The van der Waals surface area contributed by atoms with Crippen LogP contribution in [0.1, 0.15) is 33.6 Å². The van der Waals surface area contributed by atoms with E-state index in [9.17, 15) is 0 Å². The molecule has 5 nitrogen and oxygen atoms in total. The molecule has 0 aliphatic carbocycles. The highest BCUT2D eigenvalue weighted by molar-refractivity contribution is 5.55. The summed E-state index contributed by atoms with van der Waals surface area (Å²) in [5.41, 5.74) is 6.21. The fraction of sp³-hybridized carbons (Fsp3) is 0.636. The summed E-state index contributed by atoms with van der Waals surface area (Å²) in [6, 6.07) is 0. The first-order chi connectivity index (χ1) is 7.65. The van der Waals surface area contributed by atoms with Crippen molar-refractivity contribution < 1.29 is 9.47 Å². The van der Waals surface area contributed by atoms with Gasteiger partial charge in [-0.1, -0.05) is 13.3 Å². The fourth-order valence-electron chi connectivity index (χ4n) is 1.11. The van der Waals surface area contributed by atoms with Crippen LogP contribution in [-0.2, 0) is 0 Å². The van der Waals surface area contributed by atoms with Crippen LogP contribution in [0.2, 0.25) is 0 Å². The van der Waals surface area contributed by atoms with Gasteiger partial charge in [-0.05, 0) is 20.3 Å². The molecular formula is C11H19N3O2. The van der Waals surface area contributed by atoms with Gasteiger partial charge in [0.1, 0.15) is 6.33 Å². The molecule has 0 saturated carbocycles. The molecule has 2 N–H and O–H groups in total. The number of anilines is 1. The molecule has 0 fully saturated rings. The third-order valence-corrected chi connectivity index (χ3v) is 1.89. The van der Waals surface area contributed by atoms with E-state index < -0.39 is 0 Å². The predicted octanol–water partition coefficient (Wildman–Crippen LogP) is 2.02. The highest BCUT2D eigenvalue weighted by Crippen LogP contribution is 2.27. The average Bonchev–Trinajstić information content (AvgIpc) is 2.23. The molecule has 0 radical (unpaired) electrons. The lowest BCUT2D eigenvalue weighted by Crippen LogP contribution is -2.11. The van der Waals surface area contributed by atoms with Gasteiger partial charge < -0.3 is 15.2 Å². The van der Waals surface area contributed by atoms with Crippen molar-refractivity contribution in [1.29, 1.82) is 0 Å². The summed E-state index contributed by atoms with van der Waals surface area (Å²) in [5.74, 6) is 0.788. The van der Waals surface area contributed by atoms with Gasteiger partial charge in [0.25, 0.3) is 0 Å². The zero-order valence-electron chi connectivity index (χ0n) is 10.1. The number of nitrogens with zero attached hydrogens (tertiary/aromatic N) is 2.